The Morgan fingerprint density at radius 3 is 2.46 bits per heavy atom. The van der Waals surface area contributed by atoms with Gasteiger partial charge in [-0.15, -0.1) is 0 Å². The van der Waals surface area contributed by atoms with Crippen LogP contribution < -0.4 is 15.8 Å². The summed E-state index contributed by atoms with van der Waals surface area (Å²) in [5, 5.41) is 3.16. The summed E-state index contributed by atoms with van der Waals surface area (Å²) < 4.78 is 27.9. The van der Waals surface area contributed by atoms with E-state index in [0.717, 1.165) is 5.56 Å². The van der Waals surface area contributed by atoms with Crippen molar-refractivity contribution >= 4 is 49.7 Å². The number of carbonyl (C=O) groups is 1. The number of nitrogens with two attached hydrogens (primary N) is 1. The van der Waals surface area contributed by atoms with Crippen LogP contribution in [-0.2, 0) is 21.2 Å². The number of nitrogens with one attached hydrogen (secondary N) is 2. The standard InChI is InChI=1S/C24H22ClN5O3S2/c1-15-21(34-24(28-15)29-23(31)19(26)12-16-8-4-2-5-9-16)17-13-20(22(25)27-14-17)30-35(32,33)18-10-6-3-7-11-18/h2-11,13-14,19,30H,12,26H2,1H3,(H,28,29,31)/t19-/m0/s1. The Balaban J connectivity index is 1.52. The second-order valence-electron chi connectivity index (χ2n) is 7.70. The van der Waals surface area contributed by atoms with Crippen molar-refractivity contribution in [1.82, 2.24) is 9.97 Å². The number of pyridine rings is 1. The van der Waals surface area contributed by atoms with E-state index < -0.39 is 16.1 Å². The number of carbonyl (C=O) groups excluding carboxylic acids is 1. The largest absolute Gasteiger partial charge is 0.320 e. The zero-order valence-corrected chi connectivity index (χ0v) is 21.0. The second kappa shape index (κ2) is 10.5. The molecule has 0 spiro atoms. The monoisotopic (exact) mass is 527 g/mol. The molecular weight excluding hydrogens is 506 g/mol. The normalized spacial score (nSPS) is 12.2. The van der Waals surface area contributed by atoms with E-state index in [2.05, 4.69) is 20.0 Å². The van der Waals surface area contributed by atoms with E-state index in [1.54, 1.807) is 31.2 Å². The Labute approximate surface area is 212 Å². The van der Waals surface area contributed by atoms with Crippen molar-refractivity contribution in [1.29, 1.82) is 0 Å². The van der Waals surface area contributed by atoms with E-state index in [0.29, 0.717) is 27.7 Å². The van der Waals surface area contributed by atoms with Crippen LogP contribution in [0.1, 0.15) is 11.3 Å². The fourth-order valence-corrected chi connectivity index (χ4v) is 5.56. The molecule has 0 radical (unpaired) electrons. The summed E-state index contributed by atoms with van der Waals surface area (Å²) >= 11 is 7.41. The number of benzene rings is 2. The van der Waals surface area contributed by atoms with Gasteiger partial charge in [-0.1, -0.05) is 71.5 Å². The van der Waals surface area contributed by atoms with Gasteiger partial charge in [-0.25, -0.2) is 18.4 Å². The van der Waals surface area contributed by atoms with E-state index in [4.69, 9.17) is 17.3 Å². The lowest BCUT2D eigenvalue weighted by atomic mass is 10.1. The van der Waals surface area contributed by atoms with Crippen molar-refractivity contribution in [2.75, 3.05) is 10.0 Å². The molecule has 0 unspecified atom stereocenters. The Bertz CT molecular complexity index is 1440. The molecule has 1 amide bonds. The predicted octanol–water partition coefficient (Wildman–Crippen LogP) is 4.48. The number of nitrogens with zero attached hydrogens (tertiary/aromatic N) is 2. The molecule has 0 fully saturated rings. The maximum Gasteiger partial charge on any atom is 0.261 e. The van der Waals surface area contributed by atoms with Crippen LogP contribution in [0, 0.1) is 6.92 Å². The molecule has 11 heteroatoms. The highest BCUT2D eigenvalue weighted by molar-refractivity contribution is 7.92. The third-order valence-electron chi connectivity index (χ3n) is 5.06. The highest BCUT2D eigenvalue weighted by Gasteiger charge is 2.20. The maximum absolute atomic E-state index is 12.7. The molecule has 0 aliphatic carbocycles. The van der Waals surface area contributed by atoms with Crippen LogP contribution in [0.4, 0.5) is 10.8 Å². The number of amides is 1. The first-order chi connectivity index (χ1) is 16.7. The van der Waals surface area contributed by atoms with E-state index >= 15 is 0 Å². The van der Waals surface area contributed by atoms with Crippen LogP contribution in [0.5, 0.6) is 0 Å². The summed E-state index contributed by atoms with van der Waals surface area (Å²) in [6.45, 7) is 1.79. The summed E-state index contributed by atoms with van der Waals surface area (Å²) in [4.78, 5) is 22.0. The third kappa shape index (κ3) is 6.04. The predicted molar refractivity (Wildman–Crippen MR) is 139 cm³/mol. The van der Waals surface area contributed by atoms with Gasteiger partial charge >= 0.3 is 0 Å². The molecule has 4 N–H and O–H groups in total. The average molecular weight is 528 g/mol. The quantitative estimate of drug-likeness (QED) is 0.290. The highest BCUT2D eigenvalue weighted by Crippen LogP contribution is 2.35. The van der Waals surface area contributed by atoms with Crippen LogP contribution in [0.25, 0.3) is 10.4 Å². The molecular formula is C24H22ClN5O3S2. The molecule has 8 nitrogen and oxygen atoms in total. The van der Waals surface area contributed by atoms with E-state index in [9.17, 15) is 13.2 Å². The highest BCUT2D eigenvalue weighted by atomic mass is 35.5. The lowest BCUT2D eigenvalue weighted by molar-refractivity contribution is -0.117. The molecule has 180 valence electrons. The number of anilines is 2. The van der Waals surface area contributed by atoms with Gasteiger partial charge in [0.1, 0.15) is 0 Å². The SMILES string of the molecule is Cc1nc(NC(=O)[C@@H](N)Cc2ccccc2)sc1-c1cnc(Cl)c(NS(=O)(=O)c2ccccc2)c1. The lowest BCUT2D eigenvalue weighted by Crippen LogP contribution is -2.37. The summed E-state index contributed by atoms with van der Waals surface area (Å²) in [6, 6.07) is 18.3. The molecule has 4 rings (SSSR count). The smallest absolute Gasteiger partial charge is 0.261 e. The van der Waals surface area contributed by atoms with Crippen LogP contribution in [0.3, 0.4) is 0 Å². The molecule has 1 atom stereocenters. The summed E-state index contributed by atoms with van der Waals surface area (Å²) in [6.07, 6.45) is 1.92. The van der Waals surface area contributed by atoms with Crippen LogP contribution >= 0.6 is 22.9 Å². The Morgan fingerprint density at radius 1 is 1.11 bits per heavy atom. The number of hydrogen-bond acceptors (Lipinski definition) is 7. The number of halogens is 1. The molecule has 0 aliphatic rings. The molecule has 0 aliphatic heterocycles. The van der Waals surface area contributed by atoms with Gasteiger partial charge in [0, 0.05) is 11.8 Å². The van der Waals surface area contributed by atoms with Crippen LogP contribution in [0.2, 0.25) is 5.15 Å². The molecule has 0 saturated carbocycles. The fourth-order valence-electron chi connectivity index (χ4n) is 3.32. The molecule has 2 heterocycles. The Kier molecular flexibility index (Phi) is 7.46. The summed E-state index contributed by atoms with van der Waals surface area (Å²) in [5.74, 6) is -0.348. The van der Waals surface area contributed by atoms with Crippen molar-refractivity contribution in [3.63, 3.8) is 0 Å². The fraction of sp³-hybridized carbons (Fsp3) is 0.125. The Morgan fingerprint density at radius 2 is 1.77 bits per heavy atom. The van der Waals surface area contributed by atoms with Gasteiger partial charge in [-0.05, 0) is 37.1 Å². The number of sulfonamides is 1. The van der Waals surface area contributed by atoms with E-state index in [1.807, 2.05) is 30.3 Å². The minimum atomic E-state index is -3.85. The first-order valence-corrected chi connectivity index (χ1v) is 13.2. The third-order valence-corrected chi connectivity index (χ3v) is 7.87. The van der Waals surface area contributed by atoms with Gasteiger partial charge in [-0.2, -0.15) is 0 Å². The minimum absolute atomic E-state index is 0.0100. The molecule has 35 heavy (non-hydrogen) atoms. The second-order valence-corrected chi connectivity index (χ2v) is 10.7. The van der Waals surface area contributed by atoms with E-state index in [-0.39, 0.29) is 21.6 Å². The molecule has 4 aromatic rings. The summed E-state index contributed by atoms with van der Waals surface area (Å²) in [5.41, 5.74) is 8.41. The van der Waals surface area contributed by atoms with Crippen molar-refractivity contribution in [2.45, 2.75) is 24.3 Å². The van der Waals surface area contributed by atoms with Crippen LogP contribution in [-0.4, -0.2) is 30.3 Å². The van der Waals surface area contributed by atoms with Crippen molar-refractivity contribution in [3.05, 3.63) is 89.3 Å². The number of aromatic nitrogens is 2. The Hall–Kier alpha value is -3.31. The van der Waals surface area contributed by atoms with Gasteiger partial charge in [-0.3, -0.25) is 9.52 Å². The maximum atomic E-state index is 12.7. The van der Waals surface area contributed by atoms with Crippen molar-refractivity contribution in [2.24, 2.45) is 5.73 Å². The topological polar surface area (TPSA) is 127 Å². The van der Waals surface area contributed by atoms with Crippen molar-refractivity contribution < 1.29 is 13.2 Å². The number of hydrogen-bond donors (Lipinski definition) is 3. The average Bonchev–Trinajstić information content (AvgIpc) is 3.21. The van der Waals surface area contributed by atoms with Gasteiger partial charge < -0.3 is 11.1 Å². The molecule has 2 aromatic carbocycles. The lowest BCUT2D eigenvalue weighted by Gasteiger charge is -2.11. The van der Waals surface area contributed by atoms with Gasteiger partial charge in [0.25, 0.3) is 10.0 Å². The van der Waals surface area contributed by atoms with Crippen LogP contribution in [0.15, 0.2) is 77.8 Å². The molecule has 0 saturated heterocycles. The first-order valence-electron chi connectivity index (χ1n) is 10.5. The van der Waals surface area contributed by atoms with Crippen molar-refractivity contribution in [3.8, 4) is 10.4 Å². The number of rotatable bonds is 8. The van der Waals surface area contributed by atoms with Gasteiger partial charge in [0.15, 0.2) is 10.3 Å². The zero-order chi connectivity index (χ0) is 25.0. The van der Waals surface area contributed by atoms with Gasteiger partial charge in [0.05, 0.1) is 27.2 Å². The van der Waals surface area contributed by atoms with E-state index in [1.165, 1.54) is 29.7 Å². The summed E-state index contributed by atoms with van der Waals surface area (Å²) in [7, 11) is -3.85. The minimum Gasteiger partial charge on any atom is -0.320 e. The zero-order valence-electron chi connectivity index (χ0n) is 18.6. The number of thiazole rings is 1. The molecule has 2 aromatic heterocycles. The number of aryl methyl sites for hydroxylation is 1. The first kappa shape index (κ1) is 24.8. The molecule has 0 bridgehead atoms. The van der Waals surface area contributed by atoms with Gasteiger partial charge in [0.2, 0.25) is 5.91 Å².